The van der Waals surface area contributed by atoms with Gasteiger partial charge in [0.15, 0.2) is 11.5 Å². The van der Waals surface area contributed by atoms with Crippen molar-refractivity contribution in [3.05, 3.63) is 75.5 Å². The van der Waals surface area contributed by atoms with Crippen molar-refractivity contribution in [3.63, 3.8) is 0 Å². The molecule has 140 valence electrons. The van der Waals surface area contributed by atoms with E-state index in [0.717, 1.165) is 3.57 Å². The minimum absolute atomic E-state index is 0.249. The molecule has 0 aliphatic heterocycles. The van der Waals surface area contributed by atoms with Gasteiger partial charge in [-0.1, -0.05) is 30.9 Å². The number of ether oxygens (including phenoxy) is 2. The fourth-order valence-electron chi connectivity index (χ4n) is 2.21. The number of carboxylic acid groups (broad SMARTS) is 1. The molecule has 0 saturated carbocycles. The summed E-state index contributed by atoms with van der Waals surface area (Å²) in [5.41, 5.74) is 0.666. The Hall–Kier alpha value is -2.81. The predicted molar refractivity (Wildman–Crippen MR) is 111 cm³/mol. The van der Waals surface area contributed by atoms with Crippen molar-refractivity contribution >= 4 is 40.5 Å². The number of halogens is 1. The maximum Gasteiger partial charge on any atom is 0.352 e. The number of nitrogens with one attached hydrogen (secondary N) is 1. The van der Waals surface area contributed by atoms with Gasteiger partial charge >= 0.3 is 5.97 Å². The number of methoxy groups -OCH3 is 1. The molecule has 0 aromatic heterocycles. The molecule has 7 heteroatoms. The van der Waals surface area contributed by atoms with E-state index in [1.165, 1.54) is 13.2 Å². The van der Waals surface area contributed by atoms with E-state index in [1.807, 2.05) is 0 Å². The summed E-state index contributed by atoms with van der Waals surface area (Å²) in [7, 11) is 1.50. The Bertz CT molecular complexity index is 877. The largest absolute Gasteiger partial charge is 0.493 e. The normalized spacial score (nSPS) is 10.8. The first-order valence-electron chi connectivity index (χ1n) is 7.89. The molecular formula is C20H18INO5. The van der Waals surface area contributed by atoms with Gasteiger partial charge in [-0.05, 0) is 58.5 Å². The molecule has 2 aromatic carbocycles. The molecule has 0 aliphatic rings. The quantitative estimate of drug-likeness (QED) is 0.343. The molecule has 0 spiro atoms. The van der Waals surface area contributed by atoms with Crippen LogP contribution in [-0.2, 0) is 4.79 Å². The number of rotatable bonds is 8. The van der Waals surface area contributed by atoms with E-state index < -0.39 is 11.9 Å². The number of aliphatic carboxylic acids is 1. The van der Waals surface area contributed by atoms with E-state index in [0.29, 0.717) is 29.2 Å². The molecule has 2 rings (SSSR count). The zero-order chi connectivity index (χ0) is 19.8. The molecule has 0 aliphatic carbocycles. The Kier molecular flexibility index (Phi) is 7.42. The van der Waals surface area contributed by atoms with Gasteiger partial charge in [-0.2, -0.15) is 0 Å². The zero-order valence-electron chi connectivity index (χ0n) is 14.6. The van der Waals surface area contributed by atoms with Gasteiger partial charge in [0.25, 0.3) is 5.91 Å². The van der Waals surface area contributed by atoms with Gasteiger partial charge in [-0.15, -0.1) is 0 Å². The number of hydrogen-bond acceptors (Lipinski definition) is 4. The molecule has 0 radical (unpaired) electrons. The van der Waals surface area contributed by atoms with Crippen LogP contribution in [0.25, 0.3) is 6.08 Å². The molecule has 2 aromatic rings. The summed E-state index contributed by atoms with van der Waals surface area (Å²) in [4.78, 5) is 23.8. The Balaban J connectivity index is 2.34. The van der Waals surface area contributed by atoms with Gasteiger partial charge in [0.1, 0.15) is 12.3 Å². The van der Waals surface area contributed by atoms with Gasteiger partial charge in [-0.3, -0.25) is 4.79 Å². The van der Waals surface area contributed by atoms with Gasteiger partial charge in [0, 0.05) is 5.56 Å². The summed E-state index contributed by atoms with van der Waals surface area (Å²) in [6.45, 7) is 3.92. The van der Waals surface area contributed by atoms with Gasteiger partial charge < -0.3 is 19.9 Å². The Morgan fingerprint density at radius 1 is 1.26 bits per heavy atom. The maximum absolute atomic E-state index is 12.2. The fraction of sp³-hybridized carbons (Fsp3) is 0.100. The van der Waals surface area contributed by atoms with Crippen LogP contribution in [0.5, 0.6) is 11.5 Å². The van der Waals surface area contributed by atoms with Crippen molar-refractivity contribution in [2.24, 2.45) is 0 Å². The molecule has 0 saturated heterocycles. The van der Waals surface area contributed by atoms with Crippen molar-refractivity contribution in [1.29, 1.82) is 0 Å². The number of hydrogen-bond donors (Lipinski definition) is 2. The average molecular weight is 479 g/mol. The van der Waals surface area contributed by atoms with Crippen LogP contribution in [0.4, 0.5) is 0 Å². The third-order valence-electron chi connectivity index (χ3n) is 3.42. The Labute approximate surface area is 170 Å². The minimum atomic E-state index is -1.25. The lowest BCUT2D eigenvalue weighted by Crippen LogP contribution is -2.27. The molecule has 1 amide bonds. The second kappa shape index (κ2) is 9.77. The molecule has 27 heavy (non-hydrogen) atoms. The summed E-state index contributed by atoms with van der Waals surface area (Å²) in [6, 6.07) is 11.8. The highest BCUT2D eigenvalue weighted by Crippen LogP contribution is 2.34. The molecule has 0 unspecified atom stereocenters. The van der Waals surface area contributed by atoms with Crippen LogP contribution >= 0.6 is 22.6 Å². The second-order valence-corrected chi connectivity index (χ2v) is 6.48. The minimum Gasteiger partial charge on any atom is -0.493 e. The van der Waals surface area contributed by atoms with Crippen molar-refractivity contribution in [1.82, 2.24) is 5.32 Å². The maximum atomic E-state index is 12.2. The first kappa shape index (κ1) is 20.5. The van der Waals surface area contributed by atoms with Crippen molar-refractivity contribution in [2.75, 3.05) is 13.7 Å². The van der Waals surface area contributed by atoms with Crippen LogP contribution in [0.3, 0.4) is 0 Å². The summed E-state index contributed by atoms with van der Waals surface area (Å²) < 4.78 is 11.6. The molecule has 0 atom stereocenters. The average Bonchev–Trinajstić information content (AvgIpc) is 2.66. The van der Waals surface area contributed by atoms with Crippen molar-refractivity contribution in [3.8, 4) is 11.5 Å². The molecule has 0 fully saturated rings. The summed E-state index contributed by atoms with van der Waals surface area (Å²) in [5, 5.41) is 11.9. The van der Waals surface area contributed by atoms with Crippen molar-refractivity contribution in [2.45, 2.75) is 0 Å². The van der Waals surface area contributed by atoms with Crippen LogP contribution in [0.1, 0.15) is 15.9 Å². The van der Waals surface area contributed by atoms with Gasteiger partial charge in [0.05, 0.1) is 10.7 Å². The van der Waals surface area contributed by atoms with E-state index in [1.54, 1.807) is 48.5 Å². The second-order valence-electron chi connectivity index (χ2n) is 5.32. The topological polar surface area (TPSA) is 84.9 Å². The third-order valence-corrected chi connectivity index (χ3v) is 4.22. The highest BCUT2D eigenvalue weighted by molar-refractivity contribution is 14.1. The van der Waals surface area contributed by atoms with Crippen LogP contribution in [0.2, 0.25) is 0 Å². The fourth-order valence-corrected chi connectivity index (χ4v) is 2.99. The predicted octanol–water partition coefficient (Wildman–Crippen LogP) is 3.72. The summed E-state index contributed by atoms with van der Waals surface area (Å²) >= 11 is 2.07. The zero-order valence-corrected chi connectivity index (χ0v) is 16.7. The van der Waals surface area contributed by atoms with Crippen LogP contribution < -0.4 is 14.8 Å². The Morgan fingerprint density at radius 3 is 2.56 bits per heavy atom. The lowest BCUT2D eigenvalue weighted by atomic mass is 10.1. The highest BCUT2D eigenvalue weighted by atomic mass is 127. The molecule has 2 N–H and O–H groups in total. The Morgan fingerprint density at radius 2 is 1.96 bits per heavy atom. The standard InChI is InChI=1S/C20H18INO5/c1-3-9-27-18-15(21)10-13(12-17(18)26-2)11-16(20(24)25)22-19(23)14-7-5-4-6-8-14/h3-8,10-12H,1,9H2,2H3,(H,22,23)(H,24,25). The lowest BCUT2D eigenvalue weighted by Gasteiger charge is -2.13. The number of amides is 1. The summed E-state index contributed by atoms with van der Waals surface area (Å²) in [5.74, 6) is -0.758. The van der Waals surface area contributed by atoms with E-state index in [-0.39, 0.29) is 5.70 Å². The van der Waals surface area contributed by atoms with Crippen LogP contribution in [-0.4, -0.2) is 30.7 Å². The smallest absolute Gasteiger partial charge is 0.352 e. The highest BCUT2D eigenvalue weighted by Gasteiger charge is 2.15. The van der Waals surface area contributed by atoms with Crippen molar-refractivity contribution < 1.29 is 24.2 Å². The van der Waals surface area contributed by atoms with E-state index in [9.17, 15) is 14.7 Å². The van der Waals surface area contributed by atoms with Crippen LogP contribution in [0, 0.1) is 3.57 Å². The molecule has 6 nitrogen and oxygen atoms in total. The molecule has 0 bridgehead atoms. The first-order chi connectivity index (χ1) is 13.0. The lowest BCUT2D eigenvalue weighted by molar-refractivity contribution is -0.132. The van der Waals surface area contributed by atoms with Crippen LogP contribution in [0.15, 0.2) is 60.8 Å². The van der Waals surface area contributed by atoms with E-state index in [2.05, 4.69) is 34.5 Å². The first-order valence-corrected chi connectivity index (χ1v) is 8.96. The number of carboxylic acids is 1. The summed E-state index contributed by atoms with van der Waals surface area (Å²) in [6.07, 6.45) is 2.98. The van der Waals surface area contributed by atoms with E-state index >= 15 is 0 Å². The number of carbonyl (C=O) groups excluding carboxylic acids is 1. The monoisotopic (exact) mass is 479 g/mol. The van der Waals surface area contributed by atoms with Gasteiger partial charge in [-0.25, -0.2) is 4.79 Å². The molecular weight excluding hydrogens is 461 g/mol. The number of benzene rings is 2. The van der Waals surface area contributed by atoms with Gasteiger partial charge in [0.2, 0.25) is 0 Å². The molecule has 0 heterocycles. The van der Waals surface area contributed by atoms with E-state index in [4.69, 9.17) is 9.47 Å². The number of carbonyl (C=O) groups is 2. The third kappa shape index (κ3) is 5.58. The SMILES string of the molecule is C=CCOc1c(I)cc(C=C(NC(=O)c2ccccc2)C(=O)O)cc1OC.